The van der Waals surface area contributed by atoms with Gasteiger partial charge in [-0.2, -0.15) is 0 Å². The predicted octanol–water partition coefficient (Wildman–Crippen LogP) is 2.86. The van der Waals surface area contributed by atoms with E-state index < -0.39 is 11.6 Å². The average Bonchev–Trinajstić information content (AvgIpc) is 3.30. The molecule has 28 heavy (non-hydrogen) atoms. The molecule has 0 bridgehead atoms. The first-order chi connectivity index (χ1) is 13.5. The number of hydrogen-bond donors (Lipinski definition) is 0. The molecule has 3 heterocycles. The van der Waals surface area contributed by atoms with Crippen molar-refractivity contribution >= 4 is 5.91 Å². The zero-order valence-corrected chi connectivity index (χ0v) is 15.3. The van der Waals surface area contributed by atoms with Crippen molar-refractivity contribution in [3.8, 4) is 11.5 Å². The Morgan fingerprint density at radius 2 is 1.93 bits per heavy atom. The van der Waals surface area contributed by atoms with E-state index >= 15 is 0 Å². The molecular weight excluding hydrogens is 364 g/mol. The van der Waals surface area contributed by atoms with Gasteiger partial charge in [0, 0.05) is 50.4 Å². The molecule has 0 saturated carbocycles. The van der Waals surface area contributed by atoms with Crippen LogP contribution < -0.4 is 0 Å². The van der Waals surface area contributed by atoms with Gasteiger partial charge in [-0.3, -0.25) is 9.78 Å². The van der Waals surface area contributed by atoms with Gasteiger partial charge in [0.2, 0.25) is 0 Å². The summed E-state index contributed by atoms with van der Waals surface area (Å²) >= 11 is 0. The fourth-order valence-electron chi connectivity index (χ4n) is 3.53. The van der Waals surface area contributed by atoms with Crippen molar-refractivity contribution in [3.63, 3.8) is 0 Å². The smallest absolute Gasteiger partial charge is 0.254 e. The van der Waals surface area contributed by atoms with Gasteiger partial charge in [-0.1, -0.05) is 0 Å². The van der Waals surface area contributed by atoms with Crippen LogP contribution in [-0.2, 0) is 13.5 Å². The van der Waals surface area contributed by atoms with Crippen molar-refractivity contribution in [3.05, 3.63) is 65.9 Å². The minimum absolute atomic E-state index is 0.0392. The summed E-state index contributed by atoms with van der Waals surface area (Å²) in [5.74, 6) is -0.865. The highest BCUT2D eigenvalue weighted by Gasteiger charge is 2.28. The van der Waals surface area contributed by atoms with Crippen molar-refractivity contribution in [1.29, 1.82) is 0 Å². The summed E-state index contributed by atoms with van der Waals surface area (Å²) in [6.07, 6.45) is 8.49. The Hall–Kier alpha value is -3.16. The number of carbonyl (C=O) groups is 1. The number of benzene rings is 1. The Labute approximate surface area is 160 Å². The van der Waals surface area contributed by atoms with Gasteiger partial charge in [0.25, 0.3) is 5.91 Å². The molecule has 0 aliphatic carbocycles. The zero-order valence-electron chi connectivity index (χ0n) is 15.3. The van der Waals surface area contributed by atoms with Crippen LogP contribution in [0.2, 0.25) is 0 Å². The van der Waals surface area contributed by atoms with E-state index in [9.17, 15) is 13.6 Å². The van der Waals surface area contributed by atoms with Crippen LogP contribution in [0.4, 0.5) is 8.78 Å². The number of nitrogens with zero attached hydrogens (tertiary/aromatic N) is 5. The van der Waals surface area contributed by atoms with Gasteiger partial charge in [0.05, 0.1) is 11.9 Å². The topological polar surface area (TPSA) is 63.9 Å². The zero-order chi connectivity index (χ0) is 19.7. The normalized spacial score (nSPS) is 16.5. The highest BCUT2D eigenvalue weighted by atomic mass is 19.1. The van der Waals surface area contributed by atoms with Crippen LogP contribution in [0.25, 0.3) is 11.5 Å². The second-order valence-electron chi connectivity index (χ2n) is 7.02. The Morgan fingerprint density at radius 3 is 2.57 bits per heavy atom. The molecule has 1 saturated heterocycles. The summed E-state index contributed by atoms with van der Waals surface area (Å²) in [5.41, 5.74) is 1.58. The maximum atomic E-state index is 13.4. The number of halogens is 2. The highest BCUT2D eigenvalue weighted by Crippen LogP contribution is 2.23. The van der Waals surface area contributed by atoms with E-state index in [4.69, 9.17) is 0 Å². The number of carbonyl (C=O) groups excluding carboxylic acids is 1. The number of imidazole rings is 1. The Bertz CT molecular complexity index is 982. The Balaban J connectivity index is 1.39. The molecule has 6 nitrogen and oxygen atoms in total. The van der Waals surface area contributed by atoms with E-state index in [-0.39, 0.29) is 17.4 Å². The molecule has 0 unspecified atom stereocenters. The van der Waals surface area contributed by atoms with Gasteiger partial charge in [-0.15, -0.1) is 0 Å². The molecule has 3 aromatic rings. The van der Waals surface area contributed by atoms with Gasteiger partial charge >= 0.3 is 0 Å². The fraction of sp³-hybridized carbons (Fsp3) is 0.300. The minimum atomic E-state index is -0.748. The molecule has 144 valence electrons. The second-order valence-corrected chi connectivity index (χ2v) is 7.02. The molecule has 2 aromatic heterocycles. The number of amides is 1. The van der Waals surface area contributed by atoms with Gasteiger partial charge in [-0.25, -0.2) is 18.7 Å². The van der Waals surface area contributed by atoms with Crippen LogP contribution in [0.3, 0.4) is 0 Å². The Morgan fingerprint density at radius 1 is 1.14 bits per heavy atom. The molecule has 8 heteroatoms. The van der Waals surface area contributed by atoms with Crippen LogP contribution in [0.15, 0.2) is 43.0 Å². The summed E-state index contributed by atoms with van der Waals surface area (Å²) in [6.45, 7) is 1.08. The quantitative estimate of drug-likeness (QED) is 0.695. The number of hydrogen-bond acceptors (Lipinski definition) is 4. The van der Waals surface area contributed by atoms with Crippen molar-refractivity contribution < 1.29 is 13.6 Å². The van der Waals surface area contributed by atoms with Crippen LogP contribution in [0.5, 0.6) is 0 Å². The predicted molar refractivity (Wildman–Crippen MR) is 98.3 cm³/mol. The van der Waals surface area contributed by atoms with Gasteiger partial charge in [0.15, 0.2) is 5.82 Å². The summed E-state index contributed by atoms with van der Waals surface area (Å²) in [4.78, 5) is 27.3. The first-order valence-corrected chi connectivity index (χ1v) is 9.03. The second kappa shape index (κ2) is 7.46. The molecular formula is C20H19F2N5O. The molecule has 4 rings (SSSR count). The lowest BCUT2D eigenvalue weighted by atomic mass is 10.0. The molecule has 0 radical (unpaired) electrons. The van der Waals surface area contributed by atoms with E-state index in [0.29, 0.717) is 25.2 Å². The van der Waals surface area contributed by atoms with Crippen molar-refractivity contribution in [1.82, 2.24) is 24.4 Å². The van der Waals surface area contributed by atoms with Crippen LogP contribution in [0, 0.1) is 17.6 Å². The summed E-state index contributed by atoms with van der Waals surface area (Å²) in [6, 6.07) is 2.90. The van der Waals surface area contributed by atoms with Crippen LogP contribution in [0.1, 0.15) is 22.5 Å². The van der Waals surface area contributed by atoms with E-state index in [1.54, 1.807) is 23.5 Å². The van der Waals surface area contributed by atoms with Crippen molar-refractivity contribution in [2.24, 2.45) is 13.0 Å². The molecule has 1 atom stereocenters. The average molecular weight is 383 g/mol. The van der Waals surface area contributed by atoms with Crippen LogP contribution >= 0.6 is 0 Å². The molecule has 0 N–H and O–H groups in total. The molecule has 1 aliphatic rings. The van der Waals surface area contributed by atoms with Crippen molar-refractivity contribution in [2.75, 3.05) is 13.1 Å². The van der Waals surface area contributed by atoms with E-state index in [0.717, 1.165) is 36.1 Å². The summed E-state index contributed by atoms with van der Waals surface area (Å²) < 4.78 is 28.6. The van der Waals surface area contributed by atoms with E-state index in [2.05, 4.69) is 15.0 Å². The van der Waals surface area contributed by atoms with E-state index in [1.807, 2.05) is 17.8 Å². The molecule has 0 spiro atoms. The SMILES string of the molecule is Cn1ccnc1-c1cnc(C[C@@H]2CCN(C(=O)c3cc(F)cc(F)c3)C2)cn1. The highest BCUT2D eigenvalue weighted by molar-refractivity contribution is 5.94. The third-order valence-corrected chi connectivity index (χ3v) is 4.94. The number of aromatic nitrogens is 4. The van der Waals surface area contributed by atoms with E-state index in [1.165, 1.54) is 0 Å². The lowest BCUT2D eigenvalue weighted by Gasteiger charge is -2.16. The molecule has 1 amide bonds. The van der Waals surface area contributed by atoms with Crippen molar-refractivity contribution in [2.45, 2.75) is 12.8 Å². The van der Waals surface area contributed by atoms with Gasteiger partial charge in [-0.05, 0) is 30.9 Å². The third kappa shape index (κ3) is 3.76. The molecule has 1 aliphatic heterocycles. The fourth-order valence-corrected chi connectivity index (χ4v) is 3.53. The summed E-state index contributed by atoms with van der Waals surface area (Å²) in [7, 11) is 1.90. The monoisotopic (exact) mass is 383 g/mol. The largest absolute Gasteiger partial charge is 0.338 e. The maximum absolute atomic E-state index is 13.4. The summed E-state index contributed by atoms with van der Waals surface area (Å²) in [5, 5.41) is 0. The maximum Gasteiger partial charge on any atom is 0.254 e. The Kier molecular flexibility index (Phi) is 4.85. The number of likely N-dealkylation sites (tertiary alicyclic amines) is 1. The lowest BCUT2D eigenvalue weighted by molar-refractivity contribution is 0.0786. The standard InChI is InChI=1S/C20H19F2N5O/c1-26-5-3-23-19(26)18-11-24-17(10-25-18)6-13-2-4-27(12-13)20(28)14-7-15(21)9-16(22)8-14/h3,5,7-11,13H,2,4,6,12H2,1H3/t13-/m0/s1. The van der Waals surface area contributed by atoms with Gasteiger partial charge < -0.3 is 9.47 Å². The molecule has 1 fully saturated rings. The van der Waals surface area contributed by atoms with Gasteiger partial charge in [0.1, 0.15) is 17.3 Å². The lowest BCUT2D eigenvalue weighted by Crippen LogP contribution is -2.29. The molecule has 1 aromatic carbocycles. The number of rotatable bonds is 4. The van der Waals surface area contributed by atoms with Crippen LogP contribution in [-0.4, -0.2) is 43.4 Å². The first-order valence-electron chi connectivity index (χ1n) is 9.03. The number of aryl methyl sites for hydroxylation is 1. The first kappa shape index (κ1) is 18.2. The third-order valence-electron chi connectivity index (χ3n) is 4.94. The minimum Gasteiger partial charge on any atom is -0.338 e.